The van der Waals surface area contributed by atoms with Crippen molar-refractivity contribution in [2.45, 2.75) is 19.9 Å². The molecule has 0 saturated carbocycles. The molecule has 88 valence electrons. The van der Waals surface area contributed by atoms with Gasteiger partial charge in [0, 0.05) is 18.8 Å². The number of rotatable bonds is 8. The number of hydrogen-bond donors (Lipinski definition) is 1. The molecule has 16 heavy (non-hydrogen) atoms. The van der Waals surface area contributed by atoms with Crippen LogP contribution in [0.1, 0.15) is 17.8 Å². The topological polar surface area (TPSA) is 34.1 Å². The Labute approximate surface area is 97.5 Å². The summed E-state index contributed by atoms with van der Waals surface area (Å²) in [6.07, 6.45) is 2.78. The Morgan fingerprint density at radius 2 is 2.31 bits per heavy atom. The van der Waals surface area contributed by atoms with Crippen LogP contribution in [0.15, 0.2) is 30.9 Å². The van der Waals surface area contributed by atoms with Crippen molar-refractivity contribution in [3.63, 3.8) is 0 Å². The molecular weight excluding hydrogens is 200 g/mol. The van der Waals surface area contributed by atoms with Crippen LogP contribution < -0.4 is 5.32 Å². The van der Waals surface area contributed by atoms with Gasteiger partial charge in [-0.1, -0.05) is 12.1 Å². The van der Waals surface area contributed by atoms with Crippen molar-refractivity contribution in [3.05, 3.63) is 42.2 Å². The van der Waals surface area contributed by atoms with E-state index in [1.54, 1.807) is 0 Å². The van der Waals surface area contributed by atoms with Gasteiger partial charge in [0.05, 0.1) is 18.9 Å². The number of aromatic nitrogens is 1. The second-order valence-corrected chi connectivity index (χ2v) is 3.64. The molecule has 0 amide bonds. The van der Waals surface area contributed by atoms with Crippen molar-refractivity contribution in [2.24, 2.45) is 0 Å². The van der Waals surface area contributed by atoms with Gasteiger partial charge in [0.15, 0.2) is 0 Å². The maximum atomic E-state index is 5.38. The number of nitrogens with one attached hydrogen (secondary N) is 1. The van der Waals surface area contributed by atoms with E-state index in [9.17, 15) is 0 Å². The summed E-state index contributed by atoms with van der Waals surface area (Å²) in [5.74, 6) is 0. The highest BCUT2D eigenvalue weighted by Crippen LogP contribution is 1.96. The zero-order valence-corrected chi connectivity index (χ0v) is 9.91. The molecule has 1 N–H and O–H groups in total. The predicted molar refractivity (Wildman–Crippen MR) is 66.3 cm³/mol. The lowest BCUT2D eigenvalue weighted by atomic mass is 10.3. The van der Waals surface area contributed by atoms with Crippen LogP contribution in [-0.2, 0) is 11.3 Å². The van der Waals surface area contributed by atoms with E-state index in [2.05, 4.69) is 16.9 Å². The summed E-state index contributed by atoms with van der Waals surface area (Å²) in [6, 6.07) is 6.06. The van der Waals surface area contributed by atoms with E-state index >= 15 is 0 Å². The molecule has 0 unspecified atom stereocenters. The molecule has 0 aliphatic carbocycles. The van der Waals surface area contributed by atoms with Gasteiger partial charge in [0.1, 0.15) is 0 Å². The van der Waals surface area contributed by atoms with E-state index in [4.69, 9.17) is 4.74 Å². The second kappa shape index (κ2) is 8.02. The van der Waals surface area contributed by atoms with Gasteiger partial charge in [-0.25, -0.2) is 0 Å². The van der Waals surface area contributed by atoms with Crippen molar-refractivity contribution < 1.29 is 4.74 Å². The lowest BCUT2D eigenvalue weighted by Gasteiger charge is -2.05. The summed E-state index contributed by atoms with van der Waals surface area (Å²) in [4.78, 5) is 4.40. The van der Waals surface area contributed by atoms with Crippen molar-refractivity contribution in [3.8, 4) is 0 Å². The molecule has 0 bridgehead atoms. The summed E-state index contributed by atoms with van der Waals surface area (Å²) >= 11 is 0. The van der Waals surface area contributed by atoms with Crippen molar-refractivity contribution in [1.29, 1.82) is 0 Å². The zero-order chi connectivity index (χ0) is 11.6. The third kappa shape index (κ3) is 5.63. The van der Waals surface area contributed by atoms with E-state index in [0.717, 1.165) is 44.1 Å². The Kier molecular flexibility index (Phi) is 6.45. The molecule has 1 aromatic heterocycles. The van der Waals surface area contributed by atoms with Gasteiger partial charge in [-0.05, 0) is 25.5 Å². The molecule has 0 fully saturated rings. The molecule has 1 heterocycles. The van der Waals surface area contributed by atoms with E-state index < -0.39 is 0 Å². The second-order valence-electron chi connectivity index (χ2n) is 3.64. The normalized spacial score (nSPS) is 10.3. The van der Waals surface area contributed by atoms with Crippen LogP contribution in [0.4, 0.5) is 0 Å². The first kappa shape index (κ1) is 12.9. The molecule has 3 heteroatoms. The van der Waals surface area contributed by atoms with Gasteiger partial charge >= 0.3 is 0 Å². The highest BCUT2D eigenvalue weighted by Gasteiger charge is 1.94. The third-order valence-corrected chi connectivity index (χ3v) is 2.14. The van der Waals surface area contributed by atoms with Crippen LogP contribution in [0.25, 0.3) is 0 Å². The Hall–Kier alpha value is -1.19. The Morgan fingerprint density at radius 3 is 3.06 bits per heavy atom. The van der Waals surface area contributed by atoms with Crippen LogP contribution >= 0.6 is 0 Å². The summed E-state index contributed by atoms with van der Waals surface area (Å²) in [6.45, 7) is 8.79. The number of pyridine rings is 1. The van der Waals surface area contributed by atoms with Gasteiger partial charge < -0.3 is 10.1 Å². The summed E-state index contributed by atoms with van der Waals surface area (Å²) in [5.41, 5.74) is 2.13. The molecule has 0 atom stereocenters. The number of aryl methyl sites for hydroxylation is 1. The van der Waals surface area contributed by atoms with Gasteiger partial charge in [0.25, 0.3) is 0 Å². The molecule has 0 radical (unpaired) electrons. The first-order valence-corrected chi connectivity index (χ1v) is 5.65. The van der Waals surface area contributed by atoms with Crippen LogP contribution in [0, 0.1) is 6.92 Å². The lowest BCUT2D eigenvalue weighted by Crippen LogP contribution is -2.20. The highest BCUT2D eigenvalue weighted by atomic mass is 16.5. The minimum atomic E-state index is 0.736. The number of ether oxygens (including phenoxy) is 1. The first-order chi connectivity index (χ1) is 7.83. The number of hydrogen-bond acceptors (Lipinski definition) is 3. The largest absolute Gasteiger partial charge is 0.380 e. The van der Waals surface area contributed by atoms with E-state index in [-0.39, 0.29) is 0 Å². The van der Waals surface area contributed by atoms with Crippen LogP contribution in [-0.4, -0.2) is 24.7 Å². The van der Waals surface area contributed by atoms with Crippen molar-refractivity contribution >= 4 is 0 Å². The van der Waals surface area contributed by atoms with Gasteiger partial charge in [-0.15, -0.1) is 6.58 Å². The Balaban J connectivity index is 2.05. The molecule has 1 rings (SSSR count). The summed E-state index contributed by atoms with van der Waals surface area (Å²) < 4.78 is 5.38. The fourth-order valence-electron chi connectivity index (χ4n) is 1.33. The van der Waals surface area contributed by atoms with E-state index in [1.807, 2.05) is 31.2 Å². The molecule has 0 aliphatic heterocycles. The molecule has 0 saturated heterocycles. The molecule has 0 spiro atoms. The molecular formula is C13H20N2O. The maximum Gasteiger partial charge on any atom is 0.0591 e. The summed E-state index contributed by atoms with van der Waals surface area (Å²) in [5, 5.41) is 3.29. The minimum Gasteiger partial charge on any atom is -0.380 e. The van der Waals surface area contributed by atoms with Crippen LogP contribution in [0.3, 0.4) is 0 Å². The Bertz CT molecular complexity index is 313. The van der Waals surface area contributed by atoms with Crippen LogP contribution in [0.5, 0.6) is 0 Å². The fourth-order valence-corrected chi connectivity index (χ4v) is 1.33. The Morgan fingerprint density at radius 1 is 1.44 bits per heavy atom. The van der Waals surface area contributed by atoms with Gasteiger partial charge in [0.2, 0.25) is 0 Å². The average molecular weight is 220 g/mol. The molecule has 0 aliphatic rings. The maximum absolute atomic E-state index is 5.38. The molecule has 0 aromatic carbocycles. The van der Waals surface area contributed by atoms with Crippen molar-refractivity contribution in [2.75, 3.05) is 19.8 Å². The van der Waals surface area contributed by atoms with E-state index in [1.165, 1.54) is 0 Å². The fraction of sp³-hybridized carbons (Fsp3) is 0.462. The standard InChI is InChI=1S/C13H20N2O/c1-3-4-9-16-10-8-14-11-13-7-5-6-12(2)15-13/h3,5-7,14H,1,4,8-11H2,2H3. The molecule has 3 nitrogen and oxygen atoms in total. The monoisotopic (exact) mass is 220 g/mol. The smallest absolute Gasteiger partial charge is 0.0591 e. The lowest BCUT2D eigenvalue weighted by molar-refractivity contribution is 0.140. The predicted octanol–water partition coefficient (Wildman–Crippen LogP) is 2.07. The first-order valence-electron chi connectivity index (χ1n) is 5.65. The quantitative estimate of drug-likeness (QED) is 0.538. The number of nitrogens with zero attached hydrogens (tertiary/aromatic N) is 1. The van der Waals surface area contributed by atoms with Gasteiger partial charge in [-0.3, -0.25) is 4.98 Å². The molecule has 1 aromatic rings. The SMILES string of the molecule is C=CCCOCCNCc1cccc(C)n1. The minimum absolute atomic E-state index is 0.736. The van der Waals surface area contributed by atoms with Crippen molar-refractivity contribution in [1.82, 2.24) is 10.3 Å². The average Bonchev–Trinajstić information content (AvgIpc) is 2.28. The van der Waals surface area contributed by atoms with Crippen LogP contribution in [0.2, 0.25) is 0 Å². The van der Waals surface area contributed by atoms with E-state index in [0.29, 0.717) is 0 Å². The van der Waals surface area contributed by atoms with Gasteiger partial charge in [-0.2, -0.15) is 0 Å². The highest BCUT2D eigenvalue weighted by molar-refractivity contribution is 5.09. The zero-order valence-electron chi connectivity index (χ0n) is 9.91. The summed E-state index contributed by atoms with van der Waals surface area (Å²) in [7, 11) is 0. The third-order valence-electron chi connectivity index (χ3n) is 2.14.